The molecule has 140 valence electrons. The maximum Gasteiger partial charge on any atom is 0.253 e. The number of carbonyl (C=O) groups excluding carboxylic acids is 2. The molecular weight excluding hydrogens is 342 g/mol. The molecule has 27 heavy (non-hydrogen) atoms. The number of carbonyl (C=O) groups is 2. The molecule has 2 amide bonds. The molecule has 6 heteroatoms. The van der Waals surface area contributed by atoms with Gasteiger partial charge in [0.2, 0.25) is 0 Å². The first-order valence-corrected chi connectivity index (χ1v) is 9.28. The molecule has 0 unspecified atom stereocenters. The van der Waals surface area contributed by atoms with E-state index >= 15 is 0 Å². The van der Waals surface area contributed by atoms with Crippen LogP contribution in [0.4, 0.5) is 5.69 Å². The number of aryl methyl sites for hydroxylation is 1. The van der Waals surface area contributed by atoms with Gasteiger partial charge in [-0.05, 0) is 44.0 Å². The van der Waals surface area contributed by atoms with Crippen LogP contribution in [0.3, 0.4) is 0 Å². The summed E-state index contributed by atoms with van der Waals surface area (Å²) in [6, 6.07) is 13.3. The quantitative estimate of drug-likeness (QED) is 0.820. The van der Waals surface area contributed by atoms with Crippen molar-refractivity contribution < 1.29 is 14.3 Å². The SMILES string of the molecule is Cc1cc(C(=O)N2CCC3(CC2)CN(c2ccccc2)C(=O)CO3)ccn1. The number of morpholine rings is 1. The standard InChI is InChI=1S/C21H23N3O3/c1-16-13-17(7-10-22-16)20(26)23-11-8-21(9-12-23)15-24(19(25)14-27-21)18-5-3-2-4-6-18/h2-7,10,13H,8-9,11-12,14-15H2,1H3. The molecule has 2 aliphatic heterocycles. The van der Waals surface area contributed by atoms with Crippen molar-refractivity contribution >= 4 is 17.5 Å². The Kier molecular flexibility index (Phi) is 4.66. The van der Waals surface area contributed by atoms with Gasteiger partial charge in [-0.2, -0.15) is 0 Å². The fourth-order valence-electron chi connectivity index (χ4n) is 3.84. The third kappa shape index (κ3) is 3.57. The Hall–Kier alpha value is -2.73. The maximum atomic E-state index is 12.8. The smallest absolute Gasteiger partial charge is 0.253 e. The van der Waals surface area contributed by atoms with Gasteiger partial charge in [-0.15, -0.1) is 0 Å². The molecule has 3 heterocycles. The minimum atomic E-state index is -0.380. The highest BCUT2D eigenvalue weighted by molar-refractivity contribution is 5.95. The zero-order valence-corrected chi connectivity index (χ0v) is 15.4. The number of pyridine rings is 1. The van der Waals surface area contributed by atoms with Gasteiger partial charge in [-0.25, -0.2) is 0 Å². The molecule has 0 atom stereocenters. The zero-order chi connectivity index (χ0) is 18.9. The van der Waals surface area contributed by atoms with E-state index in [9.17, 15) is 9.59 Å². The summed E-state index contributed by atoms with van der Waals surface area (Å²) in [5, 5.41) is 0. The van der Waals surface area contributed by atoms with Crippen LogP contribution in [0.15, 0.2) is 48.7 Å². The Bertz CT molecular complexity index is 845. The number of amides is 2. The van der Waals surface area contributed by atoms with Crippen molar-refractivity contribution in [2.75, 3.05) is 31.1 Å². The second kappa shape index (κ2) is 7.12. The van der Waals surface area contributed by atoms with Gasteiger partial charge in [-0.1, -0.05) is 18.2 Å². The van der Waals surface area contributed by atoms with Crippen molar-refractivity contribution in [1.82, 2.24) is 9.88 Å². The predicted molar refractivity (Wildman–Crippen MR) is 102 cm³/mol. The van der Waals surface area contributed by atoms with Gasteiger partial charge < -0.3 is 14.5 Å². The molecule has 0 aliphatic carbocycles. The summed E-state index contributed by atoms with van der Waals surface area (Å²) >= 11 is 0. The van der Waals surface area contributed by atoms with Gasteiger partial charge in [-0.3, -0.25) is 14.6 Å². The van der Waals surface area contributed by atoms with E-state index < -0.39 is 0 Å². The van der Waals surface area contributed by atoms with E-state index in [0.29, 0.717) is 25.2 Å². The van der Waals surface area contributed by atoms with Gasteiger partial charge in [0.15, 0.2) is 0 Å². The maximum absolute atomic E-state index is 12.8. The molecule has 0 N–H and O–H groups in total. The molecule has 6 nitrogen and oxygen atoms in total. The number of ether oxygens (including phenoxy) is 1. The normalized spacial score (nSPS) is 19.4. The molecule has 4 rings (SSSR count). The number of likely N-dealkylation sites (tertiary alicyclic amines) is 1. The van der Waals surface area contributed by atoms with Crippen molar-refractivity contribution in [3.05, 3.63) is 59.9 Å². The van der Waals surface area contributed by atoms with Crippen LogP contribution in [-0.2, 0) is 9.53 Å². The number of hydrogen-bond acceptors (Lipinski definition) is 4. The number of anilines is 1. The van der Waals surface area contributed by atoms with Crippen molar-refractivity contribution in [2.45, 2.75) is 25.4 Å². The van der Waals surface area contributed by atoms with Crippen LogP contribution >= 0.6 is 0 Å². The minimum Gasteiger partial charge on any atom is -0.363 e. The monoisotopic (exact) mass is 365 g/mol. The van der Waals surface area contributed by atoms with Gasteiger partial charge in [0.1, 0.15) is 6.61 Å². The van der Waals surface area contributed by atoms with Crippen LogP contribution in [0.2, 0.25) is 0 Å². The summed E-state index contributed by atoms with van der Waals surface area (Å²) < 4.78 is 5.98. The molecule has 1 spiro atoms. The molecule has 2 fully saturated rings. The second-order valence-electron chi connectivity index (χ2n) is 7.27. The van der Waals surface area contributed by atoms with Gasteiger partial charge in [0.25, 0.3) is 11.8 Å². The van der Waals surface area contributed by atoms with Crippen molar-refractivity contribution in [3.63, 3.8) is 0 Å². The Labute approximate surface area is 158 Å². The first kappa shape index (κ1) is 17.7. The predicted octanol–water partition coefficient (Wildman–Crippen LogP) is 2.43. The summed E-state index contributed by atoms with van der Waals surface area (Å²) in [6.07, 6.45) is 3.11. The second-order valence-corrected chi connectivity index (χ2v) is 7.27. The average Bonchev–Trinajstić information content (AvgIpc) is 2.71. The summed E-state index contributed by atoms with van der Waals surface area (Å²) in [5.74, 6) is 0.0137. The fraction of sp³-hybridized carbons (Fsp3) is 0.381. The van der Waals surface area contributed by atoms with Crippen LogP contribution in [0, 0.1) is 6.92 Å². The van der Waals surface area contributed by atoms with Crippen LogP contribution in [0.1, 0.15) is 28.9 Å². The lowest BCUT2D eigenvalue weighted by molar-refractivity contribution is -0.143. The summed E-state index contributed by atoms with van der Waals surface area (Å²) in [6.45, 7) is 3.75. The largest absolute Gasteiger partial charge is 0.363 e. The number of nitrogens with zero attached hydrogens (tertiary/aromatic N) is 3. The molecular formula is C21H23N3O3. The van der Waals surface area contributed by atoms with Crippen molar-refractivity contribution in [1.29, 1.82) is 0 Å². The van der Waals surface area contributed by atoms with Crippen molar-refractivity contribution in [2.24, 2.45) is 0 Å². The average molecular weight is 365 g/mol. The highest BCUT2D eigenvalue weighted by Gasteiger charge is 2.43. The Morgan fingerprint density at radius 3 is 2.59 bits per heavy atom. The van der Waals surface area contributed by atoms with E-state index in [1.54, 1.807) is 12.3 Å². The highest BCUT2D eigenvalue weighted by atomic mass is 16.5. The first-order valence-electron chi connectivity index (χ1n) is 9.28. The lowest BCUT2D eigenvalue weighted by Gasteiger charge is -2.47. The van der Waals surface area contributed by atoms with Gasteiger partial charge in [0, 0.05) is 36.2 Å². The Balaban J connectivity index is 1.45. The molecule has 1 aromatic carbocycles. The van der Waals surface area contributed by atoms with Crippen LogP contribution < -0.4 is 4.90 Å². The number of para-hydroxylation sites is 1. The van der Waals surface area contributed by atoms with E-state index in [1.807, 2.05) is 53.1 Å². The summed E-state index contributed by atoms with van der Waals surface area (Å²) in [4.78, 5) is 32.9. The Morgan fingerprint density at radius 2 is 1.89 bits per heavy atom. The van der Waals surface area contributed by atoms with E-state index in [1.165, 1.54) is 0 Å². The van der Waals surface area contributed by atoms with E-state index in [-0.39, 0.29) is 24.0 Å². The van der Waals surface area contributed by atoms with Crippen molar-refractivity contribution in [3.8, 4) is 0 Å². The number of hydrogen-bond donors (Lipinski definition) is 0. The fourth-order valence-corrected chi connectivity index (χ4v) is 3.84. The molecule has 2 saturated heterocycles. The summed E-state index contributed by atoms with van der Waals surface area (Å²) in [7, 11) is 0. The lowest BCUT2D eigenvalue weighted by atomic mass is 9.88. The van der Waals surface area contributed by atoms with Gasteiger partial charge in [0.05, 0.1) is 12.1 Å². The third-order valence-corrected chi connectivity index (χ3v) is 5.42. The van der Waals surface area contributed by atoms with E-state index in [0.717, 1.165) is 24.2 Å². The summed E-state index contributed by atoms with van der Waals surface area (Å²) in [5.41, 5.74) is 2.02. The van der Waals surface area contributed by atoms with Crippen LogP contribution in [0.5, 0.6) is 0 Å². The number of benzene rings is 1. The molecule has 2 aliphatic rings. The molecule has 0 bridgehead atoms. The van der Waals surface area contributed by atoms with Crippen LogP contribution in [-0.4, -0.2) is 53.5 Å². The first-order chi connectivity index (χ1) is 13.1. The molecule has 2 aromatic rings. The highest BCUT2D eigenvalue weighted by Crippen LogP contribution is 2.33. The number of aromatic nitrogens is 1. The zero-order valence-electron chi connectivity index (χ0n) is 15.4. The molecule has 0 saturated carbocycles. The number of rotatable bonds is 2. The van der Waals surface area contributed by atoms with Gasteiger partial charge >= 0.3 is 0 Å². The molecule has 1 aromatic heterocycles. The van der Waals surface area contributed by atoms with Crippen LogP contribution in [0.25, 0.3) is 0 Å². The lowest BCUT2D eigenvalue weighted by Crippen LogP contribution is -2.59. The van der Waals surface area contributed by atoms with E-state index in [4.69, 9.17) is 4.74 Å². The molecule has 0 radical (unpaired) electrons. The Morgan fingerprint density at radius 1 is 1.15 bits per heavy atom. The van der Waals surface area contributed by atoms with E-state index in [2.05, 4.69) is 4.98 Å². The topological polar surface area (TPSA) is 62.7 Å². The third-order valence-electron chi connectivity index (χ3n) is 5.42. The number of piperidine rings is 1. The minimum absolute atomic E-state index is 0.0161.